The first-order chi connectivity index (χ1) is 10.2. The van der Waals surface area contributed by atoms with E-state index in [1.165, 1.54) is 0 Å². The normalized spacial score (nSPS) is 17.0. The monoisotopic (exact) mass is 285 g/mol. The van der Waals surface area contributed by atoms with Crippen LogP contribution in [0.2, 0.25) is 0 Å². The first-order valence-electron chi connectivity index (χ1n) is 6.83. The van der Waals surface area contributed by atoms with Crippen LogP contribution in [-0.2, 0) is 22.4 Å². The van der Waals surface area contributed by atoms with Gasteiger partial charge in [0.2, 0.25) is 0 Å². The number of cyclic esters (lactones) is 1. The van der Waals surface area contributed by atoms with Crippen LogP contribution in [0.4, 0.5) is 0 Å². The summed E-state index contributed by atoms with van der Waals surface area (Å²) in [6, 6.07) is 10.8. The molecule has 0 saturated heterocycles. The number of amides is 1. The van der Waals surface area contributed by atoms with Crippen LogP contribution in [0.15, 0.2) is 47.1 Å². The molecule has 1 aromatic carbocycles. The van der Waals surface area contributed by atoms with Gasteiger partial charge in [0.25, 0.3) is 5.91 Å². The molecule has 2 heterocycles. The summed E-state index contributed by atoms with van der Waals surface area (Å²) >= 11 is 0. The van der Waals surface area contributed by atoms with Crippen LogP contribution in [-0.4, -0.2) is 24.5 Å². The van der Waals surface area contributed by atoms with Gasteiger partial charge in [-0.05, 0) is 23.8 Å². The molecule has 2 aromatic rings. The lowest BCUT2D eigenvalue weighted by molar-refractivity contribution is -0.130. The van der Waals surface area contributed by atoms with Crippen LogP contribution < -0.4 is 5.32 Å². The molecule has 21 heavy (non-hydrogen) atoms. The van der Waals surface area contributed by atoms with Crippen molar-refractivity contribution in [2.75, 3.05) is 6.54 Å². The average Bonchev–Trinajstić information content (AvgIpc) is 3.00. The van der Waals surface area contributed by atoms with Crippen molar-refractivity contribution in [1.29, 1.82) is 0 Å². The first-order valence-corrected chi connectivity index (χ1v) is 6.83. The Hall–Kier alpha value is -2.56. The van der Waals surface area contributed by atoms with E-state index in [4.69, 9.17) is 9.15 Å². The SMILES string of the molecule is O=C1O[C@@H](C(=O)NCCc2ccco2)Cc2ccccc21. The van der Waals surface area contributed by atoms with Gasteiger partial charge < -0.3 is 14.5 Å². The molecule has 0 unspecified atom stereocenters. The molecule has 5 nitrogen and oxygen atoms in total. The standard InChI is InChI=1S/C16H15NO4/c18-15(17-8-7-12-5-3-9-20-12)14-10-11-4-1-2-6-13(11)16(19)21-14/h1-6,9,14H,7-8,10H2,(H,17,18)/t14-/m1/s1. The van der Waals surface area contributed by atoms with Crippen molar-refractivity contribution in [3.05, 3.63) is 59.5 Å². The van der Waals surface area contributed by atoms with E-state index >= 15 is 0 Å². The third kappa shape index (κ3) is 2.97. The predicted octanol–water partition coefficient (Wildman–Crippen LogP) is 1.72. The van der Waals surface area contributed by atoms with Crippen LogP contribution >= 0.6 is 0 Å². The summed E-state index contributed by atoms with van der Waals surface area (Å²) < 4.78 is 10.4. The predicted molar refractivity (Wildman–Crippen MR) is 74.8 cm³/mol. The molecule has 1 aromatic heterocycles. The molecule has 0 fully saturated rings. The molecule has 0 radical (unpaired) electrons. The summed E-state index contributed by atoms with van der Waals surface area (Å²) in [6.45, 7) is 0.446. The highest BCUT2D eigenvalue weighted by Gasteiger charge is 2.30. The molecule has 108 valence electrons. The first kappa shape index (κ1) is 13.4. The lowest BCUT2D eigenvalue weighted by Crippen LogP contribution is -2.42. The molecule has 1 amide bonds. The number of hydrogen-bond donors (Lipinski definition) is 1. The number of rotatable bonds is 4. The Bertz CT molecular complexity index is 648. The van der Waals surface area contributed by atoms with E-state index in [1.54, 1.807) is 24.5 Å². The number of esters is 1. The van der Waals surface area contributed by atoms with E-state index in [0.717, 1.165) is 11.3 Å². The maximum atomic E-state index is 12.1. The number of carbonyl (C=O) groups excluding carboxylic acids is 2. The largest absolute Gasteiger partial charge is 0.469 e. The Morgan fingerprint density at radius 1 is 1.24 bits per heavy atom. The molecule has 0 saturated carbocycles. The summed E-state index contributed by atoms with van der Waals surface area (Å²) in [5, 5.41) is 2.77. The molecular formula is C16H15NO4. The van der Waals surface area contributed by atoms with Crippen LogP contribution in [0.1, 0.15) is 21.7 Å². The second-order valence-corrected chi connectivity index (χ2v) is 4.88. The van der Waals surface area contributed by atoms with Gasteiger partial charge in [0, 0.05) is 19.4 Å². The molecule has 0 bridgehead atoms. The van der Waals surface area contributed by atoms with Gasteiger partial charge in [0.15, 0.2) is 6.10 Å². The van der Waals surface area contributed by atoms with Gasteiger partial charge in [0.05, 0.1) is 11.8 Å². The van der Waals surface area contributed by atoms with Gasteiger partial charge >= 0.3 is 5.97 Å². The van der Waals surface area contributed by atoms with Crippen LogP contribution in [0.3, 0.4) is 0 Å². The van der Waals surface area contributed by atoms with E-state index in [0.29, 0.717) is 24.9 Å². The van der Waals surface area contributed by atoms with Crippen molar-refractivity contribution in [2.45, 2.75) is 18.9 Å². The Kier molecular flexibility index (Phi) is 3.73. The van der Waals surface area contributed by atoms with Crippen LogP contribution in [0, 0.1) is 0 Å². The Labute approximate surface area is 121 Å². The van der Waals surface area contributed by atoms with E-state index in [9.17, 15) is 9.59 Å². The number of ether oxygens (including phenoxy) is 1. The van der Waals surface area contributed by atoms with Gasteiger partial charge in [-0.2, -0.15) is 0 Å². The molecular weight excluding hydrogens is 270 g/mol. The zero-order chi connectivity index (χ0) is 14.7. The van der Waals surface area contributed by atoms with Gasteiger partial charge in [-0.15, -0.1) is 0 Å². The quantitative estimate of drug-likeness (QED) is 0.868. The van der Waals surface area contributed by atoms with Crippen LogP contribution in [0.5, 0.6) is 0 Å². The molecule has 1 atom stereocenters. The topological polar surface area (TPSA) is 68.5 Å². The molecule has 5 heteroatoms. The third-order valence-electron chi connectivity index (χ3n) is 3.44. The summed E-state index contributed by atoms with van der Waals surface area (Å²) in [6.07, 6.45) is 1.85. The molecule has 1 aliphatic rings. The Morgan fingerprint density at radius 3 is 2.90 bits per heavy atom. The third-order valence-corrected chi connectivity index (χ3v) is 3.44. The fourth-order valence-electron chi connectivity index (χ4n) is 2.36. The van der Waals surface area contributed by atoms with Crippen LogP contribution in [0.25, 0.3) is 0 Å². The number of carbonyl (C=O) groups is 2. The van der Waals surface area contributed by atoms with Gasteiger partial charge in [-0.1, -0.05) is 18.2 Å². The molecule has 1 N–H and O–H groups in total. The Balaban J connectivity index is 1.58. The van der Waals surface area contributed by atoms with Crippen molar-refractivity contribution < 1.29 is 18.7 Å². The lowest BCUT2D eigenvalue weighted by Gasteiger charge is -2.23. The molecule has 0 aliphatic carbocycles. The fraction of sp³-hybridized carbons (Fsp3) is 0.250. The summed E-state index contributed by atoms with van der Waals surface area (Å²) in [4.78, 5) is 23.9. The smallest absolute Gasteiger partial charge is 0.339 e. The molecule has 1 aliphatic heterocycles. The van der Waals surface area contributed by atoms with E-state index in [-0.39, 0.29) is 5.91 Å². The fourth-order valence-corrected chi connectivity index (χ4v) is 2.36. The molecule has 3 rings (SSSR count). The van der Waals surface area contributed by atoms with E-state index < -0.39 is 12.1 Å². The van der Waals surface area contributed by atoms with E-state index in [1.807, 2.05) is 18.2 Å². The maximum Gasteiger partial charge on any atom is 0.339 e. The Morgan fingerprint density at radius 2 is 2.10 bits per heavy atom. The summed E-state index contributed by atoms with van der Waals surface area (Å²) in [5.74, 6) is 0.0914. The second kappa shape index (κ2) is 5.83. The van der Waals surface area contributed by atoms with Crippen molar-refractivity contribution >= 4 is 11.9 Å². The zero-order valence-corrected chi connectivity index (χ0v) is 11.4. The number of fused-ring (bicyclic) bond motifs is 1. The van der Waals surface area contributed by atoms with Crippen molar-refractivity contribution in [2.24, 2.45) is 0 Å². The summed E-state index contributed by atoms with van der Waals surface area (Å²) in [5.41, 5.74) is 1.39. The van der Waals surface area contributed by atoms with E-state index in [2.05, 4.69) is 5.32 Å². The highest BCUT2D eigenvalue weighted by atomic mass is 16.5. The average molecular weight is 285 g/mol. The number of nitrogens with one attached hydrogen (secondary N) is 1. The highest BCUT2D eigenvalue weighted by Crippen LogP contribution is 2.20. The second-order valence-electron chi connectivity index (χ2n) is 4.88. The summed E-state index contributed by atoms with van der Waals surface area (Å²) in [7, 11) is 0. The van der Waals surface area contributed by atoms with Gasteiger partial charge in [-0.25, -0.2) is 4.79 Å². The lowest BCUT2D eigenvalue weighted by atomic mass is 9.98. The van der Waals surface area contributed by atoms with Crippen molar-refractivity contribution in [3.8, 4) is 0 Å². The minimum Gasteiger partial charge on any atom is -0.469 e. The van der Waals surface area contributed by atoms with Gasteiger partial charge in [-0.3, -0.25) is 4.79 Å². The van der Waals surface area contributed by atoms with Crippen molar-refractivity contribution in [1.82, 2.24) is 5.32 Å². The highest BCUT2D eigenvalue weighted by molar-refractivity contribution is 5.95. The molecule has 0 spiro atoms. The van der Waals surface area contributed by atoms with Crippen molar-refractivity contribution in [3.63, 3.8) is 0 Å². The minimum absolute atomic E-state index is 0.274. The number of hydrogen-bond acceptors (Lipinski definition) is 4. The maximum absolute atomic E-state index is 12.1. The number of benzene rings is 1. The minimum atomic E-state index is -0.760. The van der Waals surface area contributed by atoms with Gasteiger partial charge in [0.1, 0.15) is 5.76 Å². The number of furan rings is 1. The zero-order valence-electron chi connectivity index (χ0n) is 11.4.